The van der Waals surface area contributed by atoms with Crippen LogP contribution in [0.3, 0.4) is 0 Å². The molecular weight excluding hydrogens is 328 g/mol. The molecule has 112 valence electrons. The van der Waals surface area contributed by atoms with Crippen molar-refractivity contribution in [3.63, 3.8) is 0 Å². The number of amides is 1. The highest BCUT2D eigenvalue weighted by Gasteiger charge is 2.07. The van der Waals surface area contributed by atoms with Crippen LogP contribution in [-0.2, 0) is 4.79 Å². The van der Waals surface area contributed by atoms with Gasteiger partial charge >= 0.3 is 0 Å². The van der Waals surface area contributed by atoms with Crippen LogP contribution >= 0.6 is 34.7 Å². The average Bonchev–Trinajstić information content (AvgIpc) is 2.85. The molecule has 0 aliphatic rings. The summed E-state index contributed by atoms with van der Waals surface area (Å²) in [6.45, 7) is 1.92. The number of hydrogen-bond donors (Lipinski definition) is 2. The van der Waals surface area contributed by atoms with Crippen LogP contribution in [0, 0.1) is 6.92 Å². The number of hydrogen-bond acceptors (Lipinski definition) is 6. The van der Waals surface area contributed by atoms with Crippen molar-refractivity contribution in [1.29, 1.82) is 0 Å². The maximum atomic E-state index is 11.8. The van der Waals surface area contributed by atoms with Crippen LogP contribution < -0.4 is 11.1 Å². The van der Waals surface area contributed by atoms with E-state index in [0.717, 1.165) is 21.5 Å². The number of nitrogens with two attached hydrogens (primary N) is 1. The van der Waals surface area contributed by atoms with E-state index in [0.29, 0.717) is 22.8 Å². The van der Waals surface area contributed by atoms with Gasteiger partial charge in [-0.2, -0.15) is 0 Å². The van der Waals surface area contributed by atoms with Gasteiger partial charge in [-0.1, -0.05) is 34.7 Å². The SMILES string of the molecule is Cc1nnc(SCCCC(=O)Nc2cc(Cl)ccc2N)s1. The van der Waals surface area contributed by atoms with Crippen molar-refractivity contribution in [2.45, 2.75) is 24.1 Å². The second kappa shape index (κ2) is 7.63. The summed E-state index contributed by atoms with van der Waals surface area (Å²) in [5.41, 5.74) is 6.84. The molecule has 1 heterocycles. The van der Waals surface area contributed by atoms with E-state index in [4.69, 9.17) is 17.3 Å². The van der Waals surface area contributed by atoms with E-state index in [-0.39, 0.29) is 5.91 Å². The molecule has 2 rings (SSSR count). The van der Waals surface area contributed by atoms with Crippen LogP contribution in [-0.4, -0.2) is 21.9 Å². The maximum Gasteiger partial charge on any atom is 0.224 e. The molecule has 0 spiro atoms. The third-order valence-corrected chi connectivity index (χ3v) is 4.86. The molecule has 0 aliphatic heterocycles. The zero-order chi connectivity index (χ0) is 15.2. The lowest BCUT2D eigenvalue weighted by molar-refractivity contribution is -0.116. The molecule has 0 aliphatic carbocycles. The van der Waals surface area contributed by atoms with Crippen molar-refractivity contribution in [3.8, 4) is 0 Å². The first kappa shape index (κ1) is 16.1. The number of aromatic nitrogens is 2. The van der Waals surface area contributed by atoms with Crippen molar-refractivity contribution in [3.05, 3.63) is 28.2 Å². The number of aryl methyl sites for hydroxylation is 1. The number of carbonyl (C=O) groups is 1. The molecule has 0 radical (unpaired) electrons. The van der Waals surface area contributed by atoms with Crippen LogP contribution in [0.15, 0.2) is 22.5 Å². The number of halogens is 1. The Morgan fingerprint density at radius 2 is 2.29 bits per heavy atom. The monoisotopic (exact) mass is 342 g/mol. The molecule has 0 fully saturated rings. The summed E-state index contributed by atoms with van der Waals surface area (Å²) in [4.78, 5) is 11.8. The fourth-order valence-electron chi connectivity index (χ4n) is 1.58. The maximum absolute atomic E-state index is 11.8. The van der Waals surface area contributed by atoms with Crippen LogP contribution in [0.2, 0.25) is 5.02 Å². The van der Waals surface area contributed by atoms with Crippen LogP contribution in [0.1, 0.15) is 17.8 Å². The fraction of sp³-hybridized carbons (Fsp3) is 0.308. The van der Waals surface area contributed by atoms with Gasteiger partial charge in [-0.3, -0.25) is 4.79 Å². The molecule has 5 nitrogen and oxygen atoms in total. The van der Waals surface area contributed by atoms with Crippen molar-refractivity contribution in [2.75, 3.05) is 16.8 Å². The average molecular weight is 343 g/mol. The van der Waals surface area contributed by atoms with Gasteiger partial charge in [0.25, 0.3) is 0 Å². The van der Waals surface area contributed by atoms with Gasteiger partial charge in [0.15, 0.2) is 4.34 Å². The lowest BCUT2D eigenvalue weighted by Gasteiger charge is -2.08. The van der Waals surface area contributed by atoms with Crippen LogP contribution in [0.5, 0.6) is 0 Å². The highest BCUT2D eigenvalue weighted by atomic mass is 35.5. The van der Waals surface area contributed by atoms with Gasteiger partial charge in [0.2, 0.25) is 5.91 Å². The summed E-state index contributed by atoms with van der Waals surface area (Å²) < 4.78 is 0.937. The van der Waals surface area contributed by atoms with E-state index >= 15 is 0 Å². The van der Waals surface area contributed by atoms with Gasteiger partial charge in [-0.05, 0) is 31.5 Å². The topological polar surface area (TPSA) is 80.9 Å². The van der Waals surface area contributed by atoms with Gasteiger partial charge in [-0.15, -0.1) is 10.2 Å². The molecule has 1 aromatic heterocycles. The number of anilines is 2. The van der Waals surface area contributed by atoms with E-state index in [9.17, 15) is 4.79 Å². The van der Waals surface area contributed by atoms with Gasteiger partial charge in [0, 0.05) is 17.2 Å². The number of carbonyl (C=O) groups excluding carboxylic acids is 1. The first-order chi connectivity index (χ1) is 10.0. The van der Waals surface area contributed by atoms with E-state index in [1.54, 1.807) is 41.3 Å². The quantitative estimate of drug-likeness (QED) is 0.476. The second-order valence-electron chi connectivity index (χ2n) is 4.32. The summed E-state index contributed by atoms with van der Waals surface area (Å²) in [7, 11) is 0. The number of benzene rings is 1. The largest absolute Gasteiger partial charge is 0.397 e. The number of nitrogen functional groups attached to an aromatic ring is 1. The zero-order valence-electron chi connectivity index (χ0n) is 11.4. The second-order valence-corrected chi connectivity index (χ2v) is 7.28. The van der Waals surface area contributed by atoms with Gasteiger partial charge in [0.05, 0.1) is 11.4 Å². The third-order valence-electron chi connectivity index (χ3n) is 2.57. The van der Waals surface area contributed by atoms with E-state index in [2.05, 4.69) is 15.5 Å². The number of nitrogens with one attached hydrogen (secondary N) is 1. The number of thioether (sulfide) groups is 1. The Balaban J connectivity index is 1.73. The zero-order valence-corrected chi connectivity index (χ0v) is 13.8. The molecule has 0 saturated carbocycles. The lowest BCUT2D eigenvalue weighted by atomic mass is 10.2. The Bertz CT molecular complexity index is 632. The van der Waals surface area contributed by atoms with Crippen molar-refractivity contribution in [2.24, 2.45) is 0 Å². The highest BCUT2D eigenvalue weighted by molar-refractivity contribution is 8.01. The molecule has 1 amide bonds. The van der Waals surface area contributed by atoms with E-state index in [1.165, 1.54) is 0 Å². The summed E-state index contributed by atoms with van der Waals surface area (Å²) >= 11 is 9.05. The molecule has 0 bridgehead atoms. The minimum Gasteiger partial charge on any atom is -0.397 e. The highest BCUT2D eigenvalue weighted by Crippen LogP contribution is 2.24. The number of rotatable bonds is 6. The van der Waals surface area contributed by atoms with Crippen molar-refractivity contribution in [1.82, 2.24) is 10.2 Å². The van der Waals surface area contributed by atoms with Gasteiger partial charge in [0.1, 0.15) is 5.01 Å². The molecule has 2 aromatic rings. The fourth-order valence-corrected chi connectivity index (χ4v) is 3.58. The Morgan fingerprint density at radius 3 is 3.00 bits per heavy atom. The third kappa shape index (κ3) is 5.18. The number of nitrogens with zero attached hydrogens (tertiary/aromatic N) is 2. The minimum absolute atomic E-state index is 0.0713. The Kier molecular flexibility index (Phi) is 5.84. The van der Waals surface area contributed by atoms with E-state index in [1.807, 2.05) is 6.92 Å². The molecular formula is C13H15ClN4OS2. The Labute approximate surface area is 136 Å². The van der Waals surface area contributed by atoms with Crippen LogP contribution in [0.4, 0.5) is 11.4 Å². The van der Waals surface area contributed by atoms with Crippen molar-refractivity contribution >= 4 is 52.0 Å². The van der Waals surface area contributed by atoms with Gasteiger partial charge in [-0.25, -0.2) is 0 Å². The smallest absolute Gasteiger partial charge is 0.224 e. The molecule has 8 heteroatoms. The predicted molar refractivity (Wildman–Crippen MR) is 89.1 cm³/mol. The Morgan fingerprint density at radius 1 is 1.48 bits per heavy atom. The summed E-state index contributed by atoms with van der Waals surface area (Å²) in [6, 6.07) is 5.01. The minimum atomic E-state index is -0.0713. The normalized spacial score (nSPS) is 10.6. The summed E-state index contributed by atoms with van der Waals surface area (Å²) in [6.07, 6.45) is 1.19. The van der Waals surface area contributed by atoms with Gasteiger partial charge < -0.3 is 11.1 Å². The molecule has 21 heavy (non-hydrogen) atoms. The van der Waals surface area contributed by atoms with Crippen LogP contribution in [0.25, 0.3) is 0 Å². The standard InChI is InChI=1S/C13H15ClN4OS2/c1-8-17-18-13(21-8)20-6-2-3-12(19)16-11-7-9(14)4-5-10(11)15/h4-5,7H,2-3,6,15H2,1H3,(H,16,19). The summed E-state index contributed by atoms with van der Waals surface area (Å²) in [5.74, 6) is 0.755. The predicted octanol–water partition coefficient (Wildman–Crippen LogP) is 3.59. The first-order valence-electron chi connectivity index (χ1n) is 6.32. The van der Waals surface area contributed by atoms with Crippen molar-refractivity contribution < 1.29 is 4.79 Å². The lowest BCUT2D eigenvalue weighted by Crippen LogP contribution is -2.12. The Hall–Kier alpha value is -1.31. The molecule has 0 unspecified atom stereocenters. The molecule has 0 atom stereocenters. The molecule has 3 N–H and O–H groups in total. The molecule has 1 aromatic carbocycles. The summed E-state index contributed by atoms with van der Waals surface area (Å²) in [5, 5.41) is 12.2. The van der Waals surface area contributed by atoms with E-state index < -0.39 is 0 Å². The first-order valence-corrected chi connectivity index (χ1v) is 8.50. The molecule has 0 saturated heterocycles.